The van der Waals surface area contributed by atoms with Crippen molar-refractivity contribution < 1.29 is 4.79 Å². The Balaban J connectivity index is 1.79. The number of nitrogens with one attached hydrogen (secondary N) is 1. The largest absolute Gasteiger partial charge is 0.324 e. The summed E-state index contributed by atoms with van der Waals surface area (Å²) >= 11 is 0. The lowest BCUT2D eigenvalue weighted by Gasteiger charge is -2.36. The van der Waals surface area contributed by atoms with E-state index in [1.807, 2.05) is 0 Å². The molecule has 0 spiro atoms. The zero-order valence-corrected chi connectivity index (χ0v) is 19.8. The predicted molar refractivity (Wildman–Crippen MR) is 132 cm³/mol. The normalized spacial score (nSPS) is 15.1. The van der Waals surface area contributed by atoms with Gasteiger partial charge in [-0.15, -0.1) is 0 Å². The molecule has 0 aliphatic heterocycles. The molecule has 1 aliphatic rings. The van der Waals surface area contributed by atoms with Gasteiger partial charge in [0.25, 0.3) is 0 Å². The van der Waals surface area contributed by atoms with E-state index in [1.54, 1.807) is 0 Å². The fraction of sp³-hybridized carbons (Fsp3) is 0.536. The van der Waals surface area contributed by atoms with Gasteiger partial charge in [0.1, 0.15) is 0 Å². The number of carbonyl (C=O) groups excluding carboxylic acids is 1. The summed E-state index contributed by atoms with van der Waals surface area (Å²) in [7, 11) is 0. The number of para-hydroxylation sites is 1. The molecule has 0 aromatic heterocycles. The molecule has 0 bridgehead atoms. The number of anilines is 1. The van der Waals surface area contributed by atoms with E-state index in [9.17, 15) is 4.79 Å². The summed E-state index contributed by atoms with van der Waals surface area (Å²) in [6.45, 7) is 8.02. The quantitative estimate of drug-likeness (QED) is 0.394. The van der Waals surface area contributed by atoms with Crippen LogP contribution in [0.15, 0.2) is 48.5 Å². The maximum atomic E-state index is 13.5. The van der Waals surface area contributed by atoms with Crippen molar-refractivity contribution in [2.45, 2.75) is 84.0 Å². The Kier molecular flexibility index (Phi) is 8.57. The van der Waals surface area contributed by atoms with Gasteiger partial charge < -0.3 is 10.2 Å². The molecule has 1 fully saturated rings. The molecule has 1 aliphatic carbocycles. The van der Waals surface area contributed by atoms with Crippen molar-refractivity contribution in [3.05, 3.63) is 65.2 Å². The van der Waals surface area contributed by atoms with Crippen molar-refractivity contribution in [2.75, 3.05) is 18.4 Å². The lowest BCUT2D eigenvalue weighted by atomic mass is 9.78. The van der Waals surface area contributed by atoms with Crippen molar-refractivity contribution in [2.24, 2.45) is 0 Å². The molecule has 1 saturated carbocycles. The fourth-order valence-electron chi connectivity index (χ4n) is 5.10. The highest BCUT2D eigenvalue weighted by Gasteiger charge is 2.38. The molecule has 31 heavy (non-hydrogen) atoms. The van der Waals surface area contributed by atoms with Crippen LogP contribution in [0.4, 0.5) is 10.5 Å². The topological polar surface area (TPSA) is 32.3 Å². The Morgan fingerprint density at radius 1 is 0.903 bits per heavy atom. The molecule has 3 rings (SSSR count). The van der Waals surface area contributed by atoms with Crippen LogP contribution in [0.3, 0.4) is 0 Å². The van der Waals surface area contributed by atoms with Crippen LogP contribution < -0.4 is 5.32 Å². The van der Waals surface area contributed by atoms with Crippen LogP contribution in [0.2, 0.25) is 0 Å². The smallest absolute Gasteiger partial charge is 0.321 e. The number of hydrogen-bond acceptors (Lipinski definition) is 1. The van der Waals surface area contributed by atoms with E-state index < -0.39 is 0 Å². The van der Waals surface area contributed by atoms with Crippen LogP contribution in [-0.2, 0) is 5.41 Å². The molecule has 2 aromatic rings. The summed E-state index contributed by atoms with van der Waals surface area (Å²) in [5, 5.41) is 3.26. The third kappa shape index (κ3) is 6.12. The number of unbranched alkanes of at least 4 members (excludes halogenated alkanes) is 4. The van der Waals surface area contributed by atoms with Gasteiger partial charge in [-0.05, 0) is 49.8 Å². The van der Waals surface area contributed by atoms with Crippen molar-refractivity contribution in [1.29, 1.82) is 0 Å². The first-order chi connectivity index (χ1) is 15.1. The van der Waals surface area contributed by atoms with Gasteiger partial charge in [-0.3, -0.25) is 0 Å². The summed E-state index contributed by atoms with van der Waals surface area (Å²) in [5.74, 6) is 0. The summed E-state index contributed by atoms with van der Waals surface area (Å²) in [4.78, 5) is 15.6. The van der Waals surface area contributed by atoms with E-state index in [4.69, 9.17) is 0 Å². The molecular weight excluding hydrogens is 380 g/mol. The standard InChI is InChI=1S/C28H40N2O/c1-4-5-6-7-13-21-30(27(31)29-26-23(2)15-14-16-24(26)3)22-28(19-11-12-20-28)25-17-9-8-10-18-25/h8-10,14-18H,4-7,11-13,19-22H2,1-3H3,(H,29,31). The van der Waals surface area contributed by atoms with Gasteiger partial charge in [0, 0.05) is 24.2 Å². The van der Waals surface area contributed by atoms with Crippen LogP contribution in [0.1, 0.15) is 81.4 Å². The second-order valence-corrected chi connectivity index (χ2v) is 9.39. The highest BCUT2D eigenvalue weighted by Crippen LogP contribution is 2.42. The van der Waals surface area contributed by atoms with E-state index in [-0.39, 0.29) is 11.4 Å². The van der Waals surface area contributed by atoms with Crippen molar-refractivity contribution in [3.63, 3.8) is 0 Å². The van der Waals surface area contributed by atoms with E-state index >= 15 is 0 Å². The van der Waals surface area contributed by atoms with Gasteiger partial charge in [0.2, 0.25) is 0 Å². The number of rotatable bonds is 10. The molecule has 1 N–H and O–H groups in total. The van der Waals surface area contributed by atoms with Crippen molar-refractivity contribution >= 4 is 11.7 Å². The minimum atomic E-state index is 0.0510. The van der Waals surface area contributed by atoms with Gasteiger partial charge in [-0.2, -0.15) is 0 Å². The monoisotopic (exact) mass is 420 g/mol. The van der Waals surface area contributed by atoms with E-state index in [2.05, 4.69) is 79.5 Å². The molecule has 3 heteroatoms. The van der Waals surface area contributed by atoms with Gasteiger partial charge in [-0.25, -0.2) is 4.79 Å². The van der Waals surface area contributed by atoms with Gasteiger partial charge in [-0.1, -0.05) is 94.0 Å². The minimum absolute atomic E-state index is 0.0510. The van der Waals surface area contributed by atoms with Crippen molar-refractivity contribution in [3.8, 4) is 0 Å². The maximum Gasteiger partial charge on any atom is 0.321 e. The molecule has 2 amide bonds. The first-order valence-corrected chi connectivity index (χ1v) is 12.2. The number of hydrogen-bond donors (Lipinski definition) is 1. The number of nitrogens with zero attached hydrogens (tertiary/aromatic N) is 1. The lowest BCUT2D eigenvalue weighted by Crippen LogP contribution is -2.45. The number of amides is 2. The number of urea groups is 1. The van der Waals surface area contributed by atoms with E-state index in [0.717, 1.165) is 36.3 Å². The Labute approximate surface area is 189 Å². The maximum absolute atomic E-state index is 13.5. The molecular formula is C28H40N2O. The SMILES string of the molecule is CCCCCCCN(CC1(c2ccccc2)CCCC1)C(=O)Nc1c(C)cccc1C. The number of carbonyl (C=O) groups is 1. The first kappa shape index (κ1) is 23.4. The van der Waals surface area contributed by atoms with Gasteiger partial charge in [0.05, 0.1) is 0 Å². The fourth-order valence-corrected chi connectivity index (χ4v) is 5.10. The zero-order chi connectivity index (χ0) is 22.1. The zero-order valence-electron chi connectivity index (χ0n) is 19.8. The minimum Gasteiger partial charge on any atom is -0.324 e. The second-order valence-electron chi connectivity index (χ2n) is 9.39. The van der Waals surface area contributed by atoms with E-state index in [1.165, 1.54) is 56.9 Å². The highest BCUT2D eigenvalue weighted by atomic mass is 16.2. The second kappa shape index (κ2) is 11.4. The third-order valence-corrected chi connectivity index (χ3v) is 6.97. The highest BCUT2D eigenvalue weighted by molar-refractivity contribution is 5.91. The summed E-state index contributed by atoms with van der Waals surface area (Å²) in [5.41, 5.74) is 4.68. The number of benzene rings is 2. The predicted octanol–water partition coefficient (Wildman–Crippen LogP) is 7.62. The average molecular weight is 421 g/mol. The first-order valence-electron chi connectivity index (χ1n) is 12.2. The third-order valence-electron chi connectivity index (χ3n) is 6.97. The van der Waals surface area contributed by atoms with Crippen LogP contribution in [0.5, 0.6) is 0 Å². The molecule has 0 heterocycles. The molecule has 168 valence electrons. The molecule has 0 radical (unpaired) electrons. The summed E-state index contributed by atoms with van der Waals surface area (Å²) in [6, 6.07) is 17.1. The lowest BCUT2D eigenvalue weighted by molar-refractivity contribution is 0.190. The van der Waals surface area contributed by atoms with Crippen molar-refractivity contribution in [1.82, 2.24) is 4.90 Å². The van der Waals surface area contributed by atoms with E-state index in [0.29, 0.717) is 0 Å². The Morgan fingerprint density at radius 3 is 2.19 bits per heavy atom. The molecule has 0 saturated heterocycles. The van der Waals surface area contributed by atoms with Crippen LogP contribution >= 0.6 is 0 Å². The van der Waals surface area contributed by atoms with Crippen LogP contribution in [-0.4, -0.2) is 24.0 Å². The molecule has 0 unspecified atom stereocenters. The summed E-state index contributed by atoms with van der Waals surface area (Å²) < 4.78 is 0. The Hall–Kier alpha value is -2.29. The van der Waals surface area contributed by atoms with Gasteiger partial charge in [0.15, 0.2) is 0 Å². The Morgan fingerprint density at radius 2 is 1.55 bits per heavy atom. The van der Waals surface area contributed by atoms with Gasteiger partial charge >= 0.3 is 6.03 Å². The van der Waals surface area contributed by atoms with Crippen LogP contribution in [0.25, 0.3) is 0 Å². The molecule has 0 atom stereocenters. The molecule has 2 aromatic carbocycles. The molecule has 3 nitrogen and oxygen atoms in total. The Bertz CT molecular complexity index is 804. The summed E-state index contributed by atoms with van der Waals surface area (Å²) in [6.07, 6.45) is 10.9. The van der Waals surface area contributed by atoms with Crippen LogP contribution in [0, 0.1) is 13.8 Å². The average Bonchev–Trinajstić information content (AvgIpc) is 3.26. The number of aryl methyl sites for hydroxylation is 2.